The molecule has 3 rings (SSSR count). The minimum atomic E-state index is -0.587. The van der Waals surface area contributed by atoms with Crippen molar-refractivity contribution in [2.24, 2.45) is 10.8 Å². The van der Waals surface area contributed by atoms with E-state index in [1.54, 1.807) is 6.92 Å². The normalized spacial score (nSPS) is 43.6. The molecule has 0 unspecified atom stereocenters. The van der Waals surface area contributed by atoms with Crippen LogP contribution in [-0.2, 0) is 4.79 Å². The van der Waals surface area contributed by atoms with Crippen LogP contribution in [0.2, 0.25) is 0 Å². The number of carbonyl (C=O) groups excluding carboxylic acids is 1. The zero-order valence-electron chi connectivity index (χ0n) is 9.72. The highest BCUT2D eigenvalue weighted by Crippen LogP contribution is 2.87. The second-order valence-corrected chi connectivity index (χ2v) is 7.17. The van der Waals surface area contributed by atoms with Crippen molar-refractivity contribution < 1.29 is 4.79 Å². The molecule has 3 fully saturated rings. The summed E-state index contributed by atoms with van der Waals surface area (Å²) in [4.78, 5) is 13.7. The Balaban J connectivity index is 1.91. The molecule has 2 nitrogen and oxygen atoms in total. The lowest BCUT2D eigenvalue weighted by Gasteiger charge is -2.30. The van der Waals surface area contributed by atoms with Gasteiger partial charge in [-0.05, 0) is 33.2 Å². The Morgan fingerprint density at radius 1 is 1.31 bits per heavy atom. The molecular weight excluding hydrogens is 245 g/mol. The third-order valence-corrected chi connectivity index (χ3v) is 6.77. The van der Waals surface area contributed by atoms with E-state index in [2.05, 4.69) is 4.90 Å². The van der Waals surface area contributed by atoms with E-state index in [1.165, 1.54) is 6.42 Å². The standard InChI is InChI=1S/C12H17Cl2NO/c1-8(16)9-6-11(7-15(9)2)10(4-3-5-10)12(11,13)14/h9H,3-7H2,1-2H3/t9-,11+/m0/s1. The number of likely N-dealkylation sites (tertiary alicyclic amines) is 1. The second kappa shape index (κ2) is 2.96. The molecule has 16 heavy (non-hydrogen) atoms. The maximum Gasteiger partial charge on any atom is 0.146 e. The van der Waals surface area contributed by atoms with Gasteiger partial charge in [-0.25, -0.2) is 0 Å². The van der Waals surface area contributed by atoms with Gasteiger partial charge in [0.15, 0.2) is 0 Å². The summed E-state index contributed by atoms with van der Waals surface area (Å²) >= 11 is 13.1. The Morgan fingerprint density at radius 3 is 2.25 bits per heavy atom. The highest BCUT2D eigenvalue weighted by molar-refractivity contribution is 6.52. The van der Waals surface area contributed by atoms with Crippen molar-refractivity contribution in [2.75, 3.05) is 13.6 Å². The summed E-state index contributed by atoms with van der Waals surface area (Å²) in [6, 6.07) is 0.0249. The van der Waals surface area contributed by atoms with E-state index in [9.17, 15) is 4.79 Å². The van der Waals surface area contributed by atoms with Gasteiger partial charge in [-0.1, -0.05) is 6.42 Å². The number of fused-ring (bicyclic) bond motifs is 1. The highest BCUT2D eigenvalue weighted by atomic mass is 35.5. The van der Waals surface area contributed by atoms with Crippen LogP contribution in [0.25, 0.3) is 0 Å². The first-order valence-corrected chi connectivity index (χ1v) is 6.72. The molecule has 0 N–H and O–H groups in total. The van der Waals surface area contributed by atoms with Crippen molar-refractivity contribution in [2.45, 2.75) is 43.0 Å². The van der Waals surface area contributed by atoms with Crippen molar-refractivity contribution in [1.82, 2.24) is 4.90 Å². The average molecular weight is 262 g/mol. The Labute approximate surface area is 106 Å². The van der Waals surface area contributed by atoms with Gasteiger partial charge in [0.25, 0.3) is 0 Å². The summed E-state index contributed by atoms with van der Waals surface area (Å²) in [7, 11) is 2.01. The molecule has 3 aliphatic rings. The first-order chi connectivity index (χ1) is 7.38. The zero-order valence-corrected chi connectivity index (χ0v) is 11.2. The number of nitrogens with zero attached hydrogens (tertiary/aromatic N) is 1. The average Bonchev–Trinajstić information content (AvgIpc) is 2.38. The minimum absolute atomic E-state index is 0.00749. The fraction of sp³-hybridized carbons (Fsp3) is 0.917. The highest BCUT2D eigenvalue weighted by Gasteiger charge is 2.88. The largest absolute Gasteiger partial charge is 0.298 e. The molecule has 1 heterocycles. The van der Waals surface area contributed by atoms with E-state index >= 15 is 0 Å². The van der Waals surface area contributed by atoms with Gasteiger partial charge >= 0.3 is 0 Å². The van der Waals surface area contributed by atoms with Gasteiger partial charge in [0, 0.05) is 17.4 Å². The predicted octanol–water partition coefficient (Wildman–Crippen LogP) is 2.62. The van der Waals surface area contributed by atoms with Crippen LogP contribution in [0.5, 0.6) is 0 Å². The third-order valence-electron chi connectivity index (χ3n) is 5.33. The van der Waals surface area contributed by atoms with Gasteiger partial charge < -0.3 is 0 Å². The molecule has 90 valence electrons. The van der Waals surface area contributed by atoms with E-state index in [4.69, 9.17) is 23.2 Å². The van der Waals surface area contributed by atoms with Crippen LogP contribution in [-0.4, -0.2) is 34.7 Å². The number of ketones is 1. The van der Waals surface area contributed by atoms with Crippen molar-refractivity contribution in [3.8, 4) is 0 Å². The fourth-order valence-electron chi connectivity index (χ4n) is 4.18. The number of halogens is 2. The summed E-state index contributed by atoms with van der Waals surface area (Å²) < 4.78 is -0.587. The van der Waals surface area contributed by atoms with Gasteiger partial charge in [-0.3, -0.25) is 9.69 Å². The summed E-state index contributed by atoms with van der Waals surface area (Å²) in [6.07, 6.45) is 4.36. The number of likely N-dealkylation sites (N-methyl/N-ethyl adjacent to an activating group) is 1. The quantitative estimate of drug-likeness (QED) is 0.677. The van der Waals surface area contributed by atoms with Crippen LogP contribution in [0, 0.1) is 10.8 Å². The van der Waals surface area contributed by atoms with Gasteiger partial charge in [-0.2, -0.15) is 0 Å². The molecule has 2 spiro atoms. The maximum atomic E-state index is 11.6. The number of rotatable bonds is 1. The van der Waals surface area contributed by atoms with Gasteiger partial charge in [0.1, 0.15) is 10.1 Å². The van der Waals surface area contributed by atoms with Gasteiger partial charge in [0.2, 0.25) is 0 Å². The molecule has 0 aromatic carbocycles. The predicted molar refractivity (Wildman–Crippen MR) is 64.9 cm³/mol. The Morgan fingerprint density at radius 2 is 1.94 bits per heavy atom. The SMILES string of the molecule is CC(=O)[C@@H]1C[C@]2(CN1C)C(Cl)(Cl)C21CCC1. The van der Waals surface area contributed by atoms with Crippen LogP contribution >= 0.6 is 23.2 Å². The smallest absolute Gasteiger partial charge is 0.146 e. The molecule has 1 aliphatic heterocycles. The Hall–Kier alpha value is 0.210. The van der Waals surface area contributed by atoms with Crippen LogP contribution in [0.4, 0.5) is 0 Å². The van der Waals surface area contributed by atoms with Crippen LogP contribution < -0.4 is 0 Å². The Kier molecular flexibility index (Phi) is 2.09. The van der Waals surface area contributed by atoms with Crippen molar-refractivity contribution in [1.29, 1.82) is 0 Å². The lowest BCUT2D eigenvalue weighted by Crippen LogP contribution is -2.31. The summed E-state index contributed by atoms with van der Waals surface area (Å²) in [5.41, 5.74) is 0.119. The molecule has 0 bridgehead atoms. The monoisotopic (exact) mass is 261 g/mol. The molecule has 0 radical (unpaired) electrons. The topological polar surface area (TPSA) is 20.3 Å². The number of hydrogen-bond acceptors (Lipinski definition) is 2. The van der Waals surface area contributed by atoms with E-state index in [1.807, 2.05) is 7.05 Å². The lowest BCUT2D eigenvalue weighted by molar-refractivity contribution is -0.120. The summed E-state index contributed by atoms with van der Waals surface area (Å²) in [6.45, 7) is 2.55. The van der Waals surface area contributed by atoms with Crippen LogP contribution in [0.3, 0.4) is 0 Å². The molecule has 2 saturated carbocycles. The lowest BCUT2D eigenvalue weighted by atomic mass is 9.74. The number of alkyl halides is 2. The van der Waals surface area contributed by atoms with E-state index in [-0.39, 0.29) is 22.7 Å². The summed E-state index contributed by atoms with van der Waals surface area (Å²) in [5.74, 6) is 0.241. The molecule has 1 saturated heterocycles. The second-order valence-electron chi connectivity index (χ2n) is 5.84. The minimum Gasteiger partial charge on any atom is -0.298 e. The molecule has 4 heteroatoms. The number of hydrogen-bond donors (Lipinski definition) is 0. The molecule has 0 aromatic rings. The van der Waals surface area contributed by atoms with Gasteiger partial charge in [-0.15, -0.1) is 23.2 Å². The molecule has 0 amide bonds. The maximum absolute atomic E-state index is 11.6. The number of carbonyl (C=O) groups is 1. The Bertz CT molecular complexity index is 364. The molecule has 2 aliphatic carbocycles. The van der Waals surface area contributed by atoms with E-state index in [0.717, 1.165) is 25.8 Å². The first-order valence-electron chi connectivity index (χ1n) is 5.96. The molecular formula is C12H17Cl2NO. The van der Waals surface area contributed by atoms with Crippen molar-refractivity contribution in [3.05, 3.63) is 0 Å². The molecule has 0 aromatic heterocycles. The van der Waals surface area contributed by atoms with Crippen molar-refractivity contribution >= 4 is 29.0 Å². The summed E-state index contributed by atoms with van der Waals surface area (Å²) in [5, 5.41) is 0. The van der Waals surface area contributed by atoms with Crippen LogP contribution in [0.1, 0.15) is 32.6 Å². The number of Topliss-reactive ketones (excluding diaryl/α,β-unsaturated/α-hetero) is 1. The molecule has 2 atom stereocenters. The fourth-order valence-corrected chi connectivity index (χ4v) is 5.46. The van der Waals surface area contributed by atoms with Crippen LogP contribution in [0.15, 0.2) is 0 Å². The van der Waals surface area contributed by atoms with Crippen molar-refractivity contribution in [3.63, 3.8) is 0 Å². The van der Waals surface area contributed by atoms with Gasteiger partial charge in [0.05, 0.1) is 6.04 Å². The zero-order chi connectivity index (χ0) is 11.8. The van der Waals surface area contributed by atoms with E-state index < -0.39 is 4.33 Å². The third kappa shape index (κ3) is 0.946. The van der Waals surface area contributed by atoms with E-state index in [0.29, 0.717) is 0 Å². The first kappa shape index (κ1) is 11.3.